The van der Waals surface area contributed by atoms with Crippen LogP contribution in [0.4, 0.5) is 11.4 Å². The summed E-state index contributed by atoms with van der Waals surface area (Å²) < 4.78 is 64.6. The van der Waals surface area contributed by atoms with E-state index in [4.69, 9.17) is 54.5 Å². The van der Waals surface area contributed by atoms with Gasteiger partial charge in [-0.15, -0.1) is 0 Å². The minimum Gasteiger partial charge on any atom is -1.00 e. The van der Waals surface area contributed by atoms with Gasteiger partial charge in [-0.25, -0.2) is 40.7 Å². The van der Waals surface area contributed by atoms with Crippen molar-refractivity contribution in [1.29, 1.82) is 0 Å². The summed E-state index contributed by atoms with van der Waals surface area (Å²) in [4.78, 5) is 14.1. The number of pyridine rings is 3. The van der Waals surface area contributed by atoms with E-state index in [-0.39, 0.29) is 100 Å². The monoisotopic (exact) mass is 696 g/mol. The predicted octanol–water partition coefficient (Wildman–Crippen LogP) is -5.42. The molecule has 0 aliphatic heterocycles. The smallest absolute Gasteiger partial charge is 1.00 e. The van der Waals surface area contributed by atoms with Crippen LogP contribution >= 0.6 is 11.6 Å². The quantitative estimate of drug-likeness (QED) is 0.0741. The summed E-state index contributed by atoms with van der Waals surface area (Å²) in [6.45, 7) is 0. The van der Waals surface area contributed by atoms with Gasteiger partial charge in [0, 0.05) is 57.6 Å². The van der Waals surface area contributed by atoms with Gasteiger partial charge in [-0.05, 0) is 23.7 Å². The Morgan fingerprint density at radius 1 is 0.767 bits per heavy atom. The summed E-state index contributed by atoms with van der Waals surface area (Å²) in [6.07, 6.45) is 7.33. The van der Waals surface area contributed by atoms with E-state index in [1.54, 1.807) is 0 Å². The Hall–Kier alpha value is -2.09. The molecule has 0 bridgehead atoms. The van der Waals surface area contributed by atoms with Crippen molar-refractivity contribution in [2.75, 3.05) is 12.8 Å². The third kappa shape index (κ3) is 21.3. The SMILES string of the molecule is CO.NS(=O)(=O)c1cnccc1Cl.Nc1ccncc1S(N)(=O)=O.[B].[H-].[N-]=[N+]=Nc1ccncc1S(N)(=O)=O.[N-]=[N+]=[N-].[Na+].[Na+]. The molecule has 0 aliphatic rings. The average molecular weight is 697 g/mol. The number of aliphatic hydroxyl groups excluding tert-OH is 1. The fraction of sp³-hybridized carbons (Fsp3) is 0.0625. The van der Waals surface area contributed by atoms with Crippen LogP contribution in [0.3, 0.4) is 0 Å². The molecule has 0 unspecified atom stereocenters. The molecule has 0 spiro atoms. The number of aromatic nitrogens is 3. The number of nitrogens with two attached hydrogens (primary N) is 4. The zero-order valence-corrected chi connectivity index (χ0v) is 29.8. The van der Waals surface area contributed by atoms with Crippen molar-refractivity contribution in [3.8, 4) is 0 Å². The molecular formula is C16H22BClN13Na2O7S3. The van der Waals surface area contributed by atoms with Crippen LogP contribution in [0, 0.1) is 0 Å². The minimum absolute atomic E-state index is 0. The molecule has 0 atom stereocenters. The van der Waals surface area contributed by atoms with Gasteiger partial charge in [0.05, 0.1) is 16.4 Å². The number of halogens is 1. The second-order valence-corrected chi connectivity index (χ2v) is 11.0. The molecule has 3 aromatic heterocycles. The van der Waals surface area contributed by atoms with Crippen LogP contribution < -0.4 is 80.3 Å². The Bertz CT molecular complexity index is 1610. The first-order valence-corrected chi connectivity index (χ1v) is 14.3. The van der Waals surface area contributed by atoms with Gasteiger partial charge in [-0.2, -0.15) is 0 Å². The topological polar surface area (TPSA) is 373 Å². The molecule has 20 nitrogen and oxygen atoms in total. The third-order valence-electron chi connectivity index (χ3n) is 3.39. The predicted molar refractivity (Wildman–Crippen MR) is 150 cm³/mol. The number of sulfonamides is 3. The first-order valence-electron chi connectivity index (χ1n) is 9.30. The van der Waals surface area contributed by atoms with Gasteiger partial charge in [-0.1, -0.05) is 16.7 Å². The molecule has 223 valence electrons. The fourth-order valence-electron chi connectivity index (χ4n) is 1.92. The van der Waals surface area contributed by atoms with Crippen molar-refractivity contribution >= 4 is 61.5 Å². The molecule has 3 aromatic rings. The van der Waals surface area contributed by atoms with Crippen LogP contribution in [0.25, 0.3) is 26.4 Å². The van der Waals surface area contributed by atoms with E-state index in [1.807, 2.05) is 0 Å². The Labute approximate surface area is 299 Å². The molecule has 0 fully saturated rings. The zero-order chi connectivity index (χ0) is 31.6. The summed E-state index contributed by atoms with van der Waals surface area (Å²) in [5.41, 5.74) is 27.0. The van der Waals surface area contributed by atoms with Crippen LogP contribution in [-0.4, -0.2) is 60.8 Å². The average Bonchev–Trinajstić information content (AvgIpc) is 2.86. The molecule has 3 radical (unpaired) electrons. The van der Waals surface area contributed by atoms with Crippen LogP contribution in [0.15, 0.2) is 75.2 Å². The Morgan fingerprint density at radius 3 is 1.42 bits per heavy atom. The second kappa shape index (κ2) is 25.3. The number of azide groups is 1. The largest absolute Gasteiger partial charge is 1.00 e. The van der Waals surface area contributed by atoms with Gasteiger partial charge >= 0.3 is 59.1 Å². The number of aliphatic hydroxyl groups is 1. The van der Waals surface area contributed by atoms with Crippen molar-refractivity contribution in [1.82, 2.24) is 15.0 Å². The number of hydrogen-bond donors (Lipinski definition) is 5. The summed E-state index contributed by atoms with van der Waals surface area (Å²) >= 11 is 5.51. The molecule has 0 aromatic carbocycles. The van der Waals surface area contributed by atoms with E-state index in [1.165, 1.54) is 41.7 Å². The Balaban J connectivity index is -0.000000110. The number of nitrogens with zero attached hydrogens (tertiary/aromatic N) is 9. The Kier molecular flexibility index (Phi) is 29.7. The minimum atomic E-state index is -3.88. The van der Waals surface area contributed by atoms with Crippen molar-refractivity contribution in [3.05, 3.63) is 86.8 Å². The maximum atomic E-state index is 10.9. The van der Waals surface area contributed by atoms with E-state index in [0.29, 0.717) is 0 Å². The molecule has 27 heteroatoms. The number of hydrogen-bond acceptors (Lipinski definition) is 12. The van der Waals surface area contributed by atoms with E-state index >= 15 is 0 Å². The standard InChI is InChI=1S/C5H5ClN2O2S.C5H5N5O2S.C5H7N3O2S.CH4O.B.N3.2Na.H/c6-4-1-2-8-3-5(4)11(7,9)10;6-10-9-4-1-2-8-3-5(4)13(7,11)12;6-4-1-2-8-3-5(4)11(7,9)10;1-2;;1-3-2;;;/h1-3H,(H2,7,9,10);1-3H,(H2,7,11,12);1-3H,(H2,6,8)(H2,7,9,10);2H,1H3;;;;;/q;;;;;-1;2*+1;-1. The van der Waals surface area contributed by atoms with Crippen LogP contribution in [0.2, 0.25) is 5.02 Å². The van der Waals surface area contributed by atoms with E-state index in [0.717, 1.165) is 25.7 Å². The normalized spacial score (nSPS) is 9.35. The van der Waals surface area contributed by atoms with Crippen molar-refractivity contribution in [3.63, 3.8) is 0 Å². The van der Waals surface area contributed by atoms with Crippen LogP contribution in [0.1, 0.15) is 1.43 Å². The van der Waals surface area contributed by atoms with Gasteiger partial charge < -0.3 is 23.3 Å². The maximum Gasteiger partial charge on any atom is 1.00 e. The van der Waals surface area contributed by atoms with E-state index in [2.05, 4.69) is 25.0 Å². The van der Waals surface area contributed by atoms with Gasteiger partial charge in [0.1, 0.15) is 14.7 Å². The molecule has 0 saturated heterocycles. The molecule has 9 N–H and O–H groups in total. The molecular weight excluding hydrogens is 675 g/mol. The third-order valence-corrected chi connectivity index (χ3v) is 6.65. The molecule has 0 saturated carbocycles. The summed E-state index contributed by atoms with van der Waals surface area (Å²) in [5.74, 6) is 0. The van der Waals surface area contributed by atoms with Gasteiger partial charge in [0.2, 0.25) is 30.1 Å². The van der Waals surface area contributed by atoms with E-state index < -0.39 is 30.1 Å². The molecule has 0 aliphatic carbocycles. The van der Waals surface area contributed by atoms with Gasteiger partial charge in [-0.3, -0.25) is 19.9 Å². The number of anilines is 1. The van der Waals surface area contributed by atoms with Crippen LogP contribution in [-0.2, 0) is 30.1 Å². The van der Waals surface area contributed by atoms with Gasteiger partial charge in [0.25, 0.3) is 0 Å². The summed E-state index contributed by atoms with van der Waals surface area (Å²) in [7, 11) is -10.3. The molecule has 43 heavy (non-hydrogen) atoms. The zero-order valence-electron chi connectivity index (χ0n) is 23.6. The number of nitrogen functional groups attached to an aromatic ring is 1. The van der Waals surface area contributed by atoms with Crippen molar-refractivity contribution in [2.24, 2.45) is 20.5 Å². The summed E-state index contributed by atoms with van der Waals surface area (Å²) in [5, 5.41) is 24.7. The van der Waals surface area contributed by atoms with E-state index in [9.17, 15) is 25.3 Å². The number of primary sulfonamides is 3. The molecule has 0 amide bonds. The fourth-order valence-corrected chi connectivity index (χ4v) is 4.11. The summed E-state index contributed by atoms with van der Waals surface area (Å²) in [6, 6.07) is 4.00. The Morgan fingerprint density at radius 2 is 1.12 bits per heavy atom. The first kappa shape index (κ1) is 50.5. The van der Waals surface area contributed by atoms with Crippen molar-refractivity contribution < 1.29 is 90.9 Å². The van der Waals surface area contributed by atoms with Crippen LogP contribution in [0.5, 0.6) is 0 Å². The molecule has 3 rings (SSSR count). The van der Waals surface area contributed by atoms with Crippen molar-refractivity contribution in [2.45, 2.75) is 14.7 Å². The number of rotatable bonds is 4. The maximum absolute atomic E-state index is 10.9. The second-order valence-electron chi connectivity index (χ2n) is 5.98. The first-order chi connectivity index (χ1) is 18.5. The molecule has 3 heterocycles. The van der Waals surface area contributed by atoms with Gasteiger partial charge in [0.15, 0.2) is 0 Å².